The summed E-state index contributed by atoms with van der Waals surface area (Å²) in [4.78, 5) is 2.66. The summed E-state index contributed by atoms with van der Waals surface area (Å²) in [6.07, 6.45) is 1.13. The van der Waals surface area contributed by atoms with E-state index in [4.69, 9.17) is 4.74 Å². The fraction of sp³-hybridized carbons (Fsp3) is 0.429. The molecule has 2 aromatic rings. The van der Waals surface area contributed by atoms with Crippen molar-refractivity contribution in [2.75, 3.05) is 13.7 Å². The molecular formula is C14H18BrNOS2. The highest BCUT2D eigenvalue weighted by Gasteiger charge is 2.19. The highest BCUT2D eigenvalue weighted by Crippen LogP contribution is 2.37. The minimum atomic E-state index is 0.261. The van der Waals surface area contributed by atoms with Crippen LogP contribution in [0, 0.1) is 6.92 Å². The normalized spacial score (nSPS) is 12.6. The van der Waals surface area contributed by atoms with Gasteiger partial charge in [-0.2, -0.15) is 0 Å². The zero-order chi connectivity index (χ0) is 13.8. The van der Waals surface area contributed by atoms with Crippen molar-refractivity contribution in [1.29, 1.82) is 0 Å². The first-order valence-electron chi connectivity index (χ1n) is 6.27. The molecule has 1 unspecified atom stereocenters. The van der Waals surface area contributed by atoms with Gasteiger partial charge in [-0.1, -0.05) is 6.92 Å². The molecule has 0 aliphatic rings. The molecule has 0 aliphatic heterocycles. The molecule has 0 bridgehead atoms. The standard InChI is InChI=1S/C14H18BrNOS2/c1-4-5-16-14(11-7-13(15)19-9(11)2)12-6-10(17-3)8-18-12/h6-8,14,16H,4-5H2,1-3H3. The quantitative estimate of drug-likeness (QED) is 0.785. The lowest BCUT2D eigenvalue weighted by Crippen LogP contribution is -2.22. The number of hydrogen-bond donors (Lipinski definition) is 1. The number of thiophene rings is 2. The molecule has 1 N–H and O–H groups in total. The topological polar surface area (TPSA) is 21.3 Å². The van der Waals surface area contributed by atoms with E-state index in [0.717, 1.165) is 18.7 Å². The SMILES string of the molecule is CCCNC(c1cc(OC)cs1)c1cc(Br)sc1C. The van der Waals surface area contributed by atoms with Crippen LogP contribution in [0.3, 0.4) is 0 Å². The Morgan fingerprint density at radius 3 is 2.74 bits per heavy atom. The smallest absolute Gasteiger partial charge is 0.129 e. The van der Waals surface area contributed by atoms with Gasteiger partial charge in [-0.15, -0.1) is 22.7 Å². The molecule has 0 aromatic carbocycles. The van der Waals surface area contributed by atoms with E-state index in [-0.39, 0.29) is 6.04 Å². The molecule has 0 aliphatic carbocycles. The number of nitrogens with one attached hydrogen (secondary N) is 1. The largest absolute Gasteiger partial charge is 0.496 e. The van der Waals surface area contributed by atoms with Crippen LogP contribution in [0.2, 0.25) is 0 Å². The van der Waals surface area contributed by atoms with Crippen LogP contribution < -0.4 is 10.1 Å². The molecule has 2 heterocycles. The third-order valence-corrected chi connectivity index (χ3v) is 5.50. The third-order valence-electron chi connectivity index (χ3n) is 2.95. The van der Waals surface area contributed by atoms with Gasteiger partial charge in [0.15, 0.2) is 0 Å². The highest BCUT2D eigenvalue weighted by atomic mass is 79.9. The Labute approximate surface area is 130 Å². The van der Waals surface area contributed by atoms with Crippen molar-refractivity contribution >= 4 is 38.6 Å². The van der Waals surface area contributed by atoms with E-state index < -0.39 is 0 Å². The molecule has 0 amide bonds. The van der Waals surface area contributed by atoms with Crippen LogP contribution in [-0.2, 0) is 0 Å². The van der Waals surface area contributed by atoms with Crippen LogP contribution in [0.4, 0.5) is 0 Å². The van der Waals surface area contributed by atoms with Crippen LogP contribution in [0.5, 0.6) is 5.75 Å². The van der Waals surface area contributed by atoms with Gasteiger partial charge in [-0.25, -0.2) is 0 Å². The molecule has 0 spiro atoms. The minimum Gasteiger partial charge on any atom is -0.496 e. The summed E-state index contributed by atoms with van der Waals surface area (Å²) >= 11 is 7.12. The highest BCUT2D eigenvalue weighted by molar-refractivity contribution is 9.11. The van der Waals surface area contributed by atoms with Gasteiger partial charge < -0.3 is 10.1 Å². The fourth-order valence-electron chi connectivity index (χ4n) is 1.99. The fourth-order valence-corrected chi connectivity index (χ4v) is 4.69. The Hall–Kier alpha value is -0.360. The molecule has 0 saturated carbocycles. The molecule has 2 nitrogen and oxygen atoms in total. The number of hydrogen-bond acceptors (Lipinski definition) is 4. The van der Waals surface area contributed by atoms with Gasteiger partial charge in [0, 0.05) is 15.1 Å². The summed E-state index contributed by atoms with van der Waals surface area (Å²) in [7, 11) is 1.72. The molecule has 2 rings (SSSR count). The van der Waals surface area contributed by atoms with Gasteiger partial charge in [-0.3, -0.25) is 0 Å². The van der Waals surface area contributed by atoms with Gasteiger partial charge >= 0.3 is 0 Å². The van der Waals surface area contributed by atoms with Crippen molar-refractivity contribution in [2.24, 2.45) is 0 Å². The van der Waals surface area contributed by atoms with Crippen LogP contribution in [-0.4, -0.2) is 13.7 Å². The maximum absolute atomic E-state index is 5.30. The molecule has 5 heteroatoms. The molecule has 1 atom stereocenters. The van der Waals surface area contributed by atoms with Crippen LogP contribution in [0.1, 0.15) is 34.7 Å². The first-order chi connectivity index (χ1) is 9.15. The van der Waals surface area contributed by atoms with Crippen LogP contribution in [0.15, 0.2) is 21.3 Å². The van der Waals surface area contributed by atoms with E-state index >= 15 is 0 Å². The summed E-state index contributed by atoms with van der Waals surface area (Å²) in [5, 5.41) is 5.70. The molecule has 0 fully saturated rings. The number of rotatable bonds is 6. The molecule has 19 heavy (non-hydrogen) atoms. The van der Waals surface area contributed by atoms with Crippen molar-refractivity contribution in [3.63, 3.8) is 0 Å². The minimum absolute atomic E-state index is 0.261. The predicted molar refractivity (Wildman–Crippen MR) is 87.8 cm³/mol. The Morgan fingerprint density at radius 2 is 2.21 bits per heavy atom. The average molecular weight is 360 g/mol. The Bertz CT molecular complexity index is 535. The molecule has 0 radical (unpaired) electrons. The van der Waals surface area contributed by atoms with Crippen LogP contribution in [0.25, 0.3) is 0 Å². The average Bonchev–Trinajstić information content (AvgIpc) is 2.97. The first kappa shape index (κ1) is 15.0. The Balaban J connectivity index is 2.32. The van der Waals surface area contributed by atoms with Gasteiger partial charge in [0.2, 0.25) is 0 Å². The first-order valence-corrected chi connectivity index (χ1v) is 8.76. The molecular weight excluding hydrogens is 342 g/mol. The van der Waals surface area contributed by atoms with Crippen molar-refractivity contribution in [3.8, 4) is 5.75 Å². The van der Waals surface area contributed by atoms with E-state index in [1.807, 2.05) is 0 Å². The van der Waals surface area contributed by atoms with Crippen molar-refractivity contribution in [3.05, 3.63) is 36.6 Å². The second kappa shape index (κ2) is 6.88. The van der Waals surface area contributed by atoms with Crippen LogP contribution >= 0.6 is 38.6 Å². The predicted octanol–water partition coefficient (Wildman–Crippen LogP) is 4.98. The lowest BCUT2D eigenvalue weighted by Gasteiger charge is -2.17. The molecule has 2 aromatic heterocycles. The Kier molecular flexibility index (Phi) is 5.45. The van der Waals surface area contributed by atoms with E-state index in [1.54, 1.807) is 29.8 Å². The van der Waals surface area contributed by atoms with Crippen molar-refractivity contribution in [2.45, 2.75) is 26.3 Å². The summed E-state index contributed by atoms with van der Waals surface area (Å²) in [6, 6.07) is 4.61. The van der Waals surface area contributed by atoms with E-state index in [1.165, 1.54) is 19.1 Å². The zero-order valence-electron chi connectivity index (χ0n) is 11.3. The third kappa shape index (κ3) is 3.60. The monoisotopic (exact) mass is 359 g/mol. The zero-order valence-corrected chi connectivity index (χ0v) is 14.5. The van der Waals surface area contributed by atoms with E-state index in [0.29, 0.717) is 0 Å². The second-order valence-corrected chi connectivity index (χ2v) is 7.92. The number of methoxy groups -OCH3 is 1. The van der Waals surface area contributed by atoms with Gasteiger partial charge in [0.1, 0.15) is 5.75 Å². The lowest BCUT2D eigenvalue weighted by molar-refractivity contribution is 0.416. The van der Waals surface area contributed by atoms with E-state index in [9.17, 15) is 0 Å². The molecule has 104 valence electrons. The van der Waals surface area contributed by atoms with Gasteiger partial charge in [-0.05, 0) is 53.5 Å². The number of halogens is 1. The van der Waals surface area contributed by atoms with Crippen molar-refractivity contribution < 1.29 is 4.74 Å². The lowest BCUT2D eigenvalue weighted by atomic mass is 10.1. The maximum Gasteiger partial charge on any atom is 0.129 e. The maximum atomic E-state index is 5.30. The van der Waals surface area contributed by atoms with Crippen molar-refractivity contribution in [1.82, 2.24) is 5.32 Å². The number of ether oxygens (including phenoxy) is 1. The Morgan fingerprint density at radius 1 is 1.42 bits per heavy atom. The number of aryl methyl sites for hydroxylation is 1. The second-order valence-electron chi connectivity index (χ2n) is 4.34. The van der Waals surface area contributed by atoms with Gasteiger partial charge in [0.05, 0.1) is 16.9 Å². The summed E-state index contributed by atoms with van der Waals surface area (Å²) in [6.45, 7) is 5.38. The summed E-state index contributed by atoms with van der Waals surface area (Å²) < 4.78 is 6.48. The molecule has 0 saturated heterocycles. The summed E-state index contributed by atoms with van der Waals surface area (Å²) in [5.41, 5.74) is 1.36. The summed E-state index contributed by atoms with van der Waals surface area (Å²) in [5.74, 6) is 0.940. The van der Waals surface area contributed by atoms with Gasteiger partial charge in [0.25, 0.3) is 0 Å². The van der Waals surface area contributed by atoms with E-state index in [2.05, 4.69) is 52.6 Å².